The summed E-state index contributed by atoms with van der Waals surface area (Å²) in [6.07, 6.45) is 0. The number of phenolic OH excluding ortho intramolecular Hbond substituents is 1. The van der Waals surface area contributed by atoms with Gasteiger partial charge in [0.25, 0.3) is 0 Å². The van der Waals surface area contributed by atoms with Gasteiger partial charge < -0.3 is 16.2 Å². The number of anilines is 1. The smallest absolute Gasteiger partial charge is 0.316 e. The second-order valence-corrected chi connectivity index (χ2v) is 2.94. The number of nitrogens with one attached hydrogen (secondary N) is 1. The van der Waals surface area contributed by atoms with Gasteiger partial charge in [0.15, 0.2) is 0 Å². The van der Waals surface area contributed by atoms with E-state index < -0.39 is 6.03 Å². The zero-order valence-corrected chi connectivity index (χ0v) is 7.59. The van der Waals surface area contributed by atoms with E-state index >= 15 is 0 Å². The topological polar surface area (TPSA) is 75.3 Å². The standard InChI is InChI=1S/C9H12N2O2/c1-5-4-8(12)6(2)3-7(5)11-9(10)13/h3-4,12H,1-2H3,(H3,10,11,13). The summed E-state index contributed by atoms with van der Waals surface area (Å²) in [5.41, 5.74) is 7.08. The van der Waals surface area contributed by atoms with Gasteiger partial charge in [-0.1, -0.05) is 0 Å². The number of rotatable bonds is 1. The Morgan fingerprint density at radius 2 is 2.00 bits per heavy atom. The average Bonchev–Trinajstić information content (AvgIpc) is 1.99. The summed E-state index contributed by atoms with van der Waals surface area (Å²) in [7, 11) is 0. The van der Waals surface area contributed by atoms with Gasteiger partial charge >= 0.3 is 6.03 Å². The first-order valence-electron chi connectivity index (χ1n) is 3.87. The molecule has 70 valence electrons. The van der Waals surface area contributed by atoms with Crippen molar-refractivity contribution in [2.45, 2.75) is 13.8 Å². The molecule has 0 saturated heterocycles. The molecule has 1 rings (SSSR count). The predicted octanol–water partition coefficient (Wildman–Crippen LogP) is 1.50. The summed E-state index contributed by atoms with van der Waals surface area (Å²) in [6, 6.07) is 2.66. The van der Waals surface area contributed by atoms with Crippen molar-refractivity contribution in [2.75, 3.05) is 5.32 Å². The molecule has 1 aromatic carbocycles. The maximum atomic E-state index is 10.6. The molecule has 0 aliphatic carbocycles. The van der Waals surface area contributed by atoms with Crippen molar-refractivity contribution in [1.82, 2.24) is 0 Å². The van der Waals surface area contributed by atoms with Crippen LogP contribution in [0.25, 0.3) is 0 Å². The third-order valence-electron chi connectivity index (χ3n) is 1.80. The first-order valence-corrected chi connectivity index (χ1v) is 3.87. The molecule has 13 heavy (non-hydrogen) atoms. The number of primary amides is 1. The van der Waals surface area contributed by atoms with E-state index in [4.69, 9.17) is 5.73 Å². The molecule has 0 atom stereocenters. The number of aryl methyl sites for hydroxylation is 2. The van der Waals surface area contributed by atoms with Gasteiger partial charge in [-0.15, -0.1) is 0 Å². The van der Waals surface area contributed by atoms with Gasteiger partial charge in [0, 0.05) is 5.69 Å². The number of benzene rings is 1. The van der Waals surface area contributed by atoms with Crippen LogP contribution in [0.5, 0.6) is 5.75 Å². The highest BCUT2D eigenvalue weighted by Crippen LogP contribution is 2.24. The summed E-state index contributed by atoms with van der Waals surface area (Å²) in [5, 5.41) is 11.8. The van der Waals surface area contributed by atoms with Crippen molar-refractivity contribution < 1.29 is 9.90 Å². The van der Waals surface area contributed by atoms with Gasteiger partial charge in [-0.05, 0) is 37.1 Å². The second kappa shape index (κ2) is 3.35. The maximum Gasteiger partial charge on any atom is 0.316 e. The lowest BCUT2D eigenvalue weighted by molar-refractivity contribution is 0.259. The minimum atomic E-state index is -0.604. The fourth-order valence-corrected chi connectivity index (χ4v) is 1.07. The van der Waals surface area contributed by atoms with Crippen molar-refractivity contribution in [2.24, 2.45) is 5.73 Å². The number of hydrogen-bond donors (Lipinski definition) is 3. The summed E-state index contributed by atoms with van der Waals surface area (Å²) < 4.78 is 0. The molecule has 0 saturated carbocycles. The van der Waals surface area contributed by atoms with E-state index in [1.165, 1.54) is 0 Å². The molecular formula is C9H12N2O2. The van der Waals surface area contributed by atoms with Gasteiger partial charge in [-0.25, -0.2) is 4.79 Å². The number of phenols is 1. The van der Waals surface area contributed by atoms with Crippen LogP contribution in [-0.4, -0.2) is 11.1 Å². The minimum absolute atomic E-state index is 0.215. The highest BCUT2D eigenvalue weighted by Gasteiger charge is 2.04. The van der Waals surface area contributed by atoms with Crippen LogP contribution in [0.2, 0.25) is 0 Å². The molecule has 0 aromatic heterocycles. The van der Waals surface area contributed by atoms with Gasteiger partial charge in [0.2, 0.25) is 0 Å². The molecule has 0 aliphatic rings. The first kappa shape index (κ1) is 9.38. The summed E-state index contributed by atoms with van der Waals surface area (Å²) in [4.78, 5) is 10.6. The first-order chi connectivity index (χ1) is 6.00. The minimum Gasteiger partial charge on any atom is -0.508 e. The largest absolute Gasteiger partial charge is 0.508 e. The number of carbonyl (C=O) groups excluding carboxylic acids is 1. The van der Waals surface area contributed by atoms with Gasteiger partial charge in [-0.3, -0.25) is 0 Å². The summed E-state index contributed by atoms with van der Waals surface area (Å²) in [5.74, 6) is 0.215. The summed E-state index contributed by atoms with van der Waals surface area (Å²) >= 11 is 0. The normalized spacial score (nSPS) is 9.69. The Balaban J connectivity index is 3.08. The van der Waals surface area contributed by atoms with Crippen LogP contribution in [0, 0.1) is 13.8 Å². The molecule has 0 spiro atoms. The molecule has 0 radical (unpaired) electrons. The Morgan fingerprint density at radius 1 is 1.38 bits per heavy atom. The second-order valence-electron chi connectivity index (χ2n) is 2.94. The average molecular weight is 180 g/mol. The van der Waals surface area contributed by atoms with E-state index in [0.717, 1.165) is 5.56 Å². The molecule has 4 N–H and O–H groups in total. The zero-order valence-electron chi connectivity index (χ0n) is 7.59. The van der Waals surface area contributed by atoms with E-state index in [0.29, 0.717) is 11.3 Å². The molecule has 4 nitrogen and oxygen atoms in total. The maximum absolute atomic E-state index is 10.6. The summed E-state index contributed by atoms with van der Waals surface area (Å²) in [6.45, 7) is 3.53. The van der Waals surface area contributed by atoms with Crippen molar-refractivity contribution in [3.05, 3.63) is 23.3 Å². The number of hydrogen-bond acceptors (Lipinski definition) is 2. The van der Waals surface area contributed by atoms with Crippen LogP contribution in [-0.2, 0) is 0 Å². The van der Waals surface area contributed by atoms with Crippen molar-refractivity contribution >= 4 is 11.7 Å². The molecule has 2 amide bonds. The number of urea groups is 1. The Bertz CT molecular complexity index is 348. The monoisotopic (exact) mass is 180 g/mol. The third kappa shape index (κ3) is 2.11. The zero-order chi connectivity index (χ0) is 10.0. The highest BCUT2D eigenvalue weighted by atomic mass is 16.3. The lowest BCUT2D eigenvalue weighted by Gasteiger charge is -2.08. The lowest BCUT2D eigenvalue weighted by atomic mass is 10.1. The fraction of sp³-hybridized carbons (Fsp3) is 0.222. The van der Waals surface area contributed by atoms with Crippen molar-refractivity contribution in [3.63, 3.8) is 0 Å². The van der Waals surface area contributed by atoms with E-state index in [1.807, 2.05) is 0 Å². The van der Waals surface area contributed by atoms with Gasteiger partial charge in [0.05, 0.1) is 0 Å². The Labute approximate surface area is 76.4 Å². The Morgan fingerprint density at radius 3 is 2.54 bits per heavy atom. The number of amides is 2. The third-order valence-corrected chi connectivity index (χ3v) is 1.80. The van der Waals surface area contributed by atoms with Crippen molar-refractivity contribution in [3.8, 4) is 5.75 Å². The van der Waals surface area contributed by atoms with Crippen LogP contribution in [0.4, 0.5) is 10.5 Å². The van der Waals surface area contributed by atoms with Gasteiger partial charge in [-0.2, -0.15) is 0 Å². The van der Waals surface area contributed by atoms with E-state index in [1.54, 1.807) is 26.0 Å². The van der Waals surface area contributed by atoms with Crippen LogP contribution in [0.1, 0.15) is 11.1 Å². The Kier molecular flexibility index (Phi) is 2.41. The predicted molar refractivity (Wildman–Crippen MR) is 50.8 cm³/mol. The Hall–Kier alpha value is -1.71. The molecule has 0 aliphatic heterocycles. The molecule has 0 heterocycles. The molecule has 0 bridgehead atoms. The van der Waals surface area contributed by atoms with Gasteiger partial charge in [0.1, 0.15) is 5.75 Å². The molecule has 4 heteroatoms. The van der Waals surface area contributed by atoms with Crippen LogP contribution < -0.4 is 11.1 Å². The van der Waals surface area contributed by atoms with Crippen LogP contribution in [0.15, 0.2) is 12.1 Å². The quantitative estimate of drug-likeness (QED) is 0.573. The van der Waals surface area contributed by atoms with E-state index in [9.17, 15) is 9.90 Å². The molecule has 0 unspecified atom stereocenters. The molecule has 1 aromatic rings. The number of aromatic hydroxyl groups is 1. The van der Waals surface area contributed by atoms with E-state index in [-0.39, 0.29) is 5.75 Å². The SMILES string of the molecule is Cc1cc(NC(N)=O)c(C)cc1O. The fourth-order valence-electron chi connectivity index (χ4n) is 1.07. The van der Waals surface area contributed by atoms with Crippen molar-refractivity contribution in [1.29, 1.82) is 0 Å². The molecular weight excluding hydrogens is 168 g/mol. The van der Waals surface area contributed by atoms with E-state index in [2.05, 4.69) is 5.32 Å². The van der Waals surface area contributed by atoms with Crippen LogP contribution >= 0.6 is 0 Å². The van der Waals surface area contributed by atoms with Crippen LogP contribution in [0.3, 0.4) is 0 Å². The molecule has 0 fully saturated rings. The lowest BCUT2D eigenvalue weighted by Crippen LogP contribution is -2.19. The number of nitrogens with two attached hydrogens (primary N) is 1. The highest BCUT2D eigenvalue weighted by molar-refractivity contribution is 5.89. The number of carbonyl (C=O) groups is 1.